The fourth-order valence-electron chi connectivity index (χ4n) is 2.13. The molecule has 0 amide bonds. The summed E-state index contributed by atoms with van der Waals surface area (Å²) in [6, 6.07) is 3.45. The van der Waals surface area contributed by atoms with Crippen molar-refractivity contribution < 1.29 is 9.90 Å². The average molecular weight is 218 g/mol. The van der Waals surface area contributed by atoms with Gasteiger partial charge in [-0.15, -0.1) is 0 Å². The summed E-state index contributed by atoms with van der Waals surface area (Å²) in [7, 11) is 0. The molecule has 0 heterocycles. The van der Waals surface area contributed by atoms with Crippen LogP contribution in [0.1, 0.15) is 33.1 Å². The van der Waals surface area contributed by atoms with E-state index in [2.05, 4.69) is 0 Å². The lowest BCUT2D eigenvalue weighted by atomic mass is 9.73. The van der Waals surface area contributed by atoms with E-state index in [0.29, 0.717) is 18.4 Å². The summed E-state index contributed by atoms with van der Waals surface area (Å²) in [5.41, 5.74) is 0.462. The Hall–Kier alpha value is -1.65. The smallest absolute Gasteiger partial charge is 0.175 e. The number of nitrogens with zero attached hydrogens (tertiary/aromatic N) is 2. The molecule has 1 unspecified atom stereocenters. The number of ketones is 1. The van der Waals surface area contributed by atoms with E-state index in [0.717, 1.165) is 0 Å². The van der Waals surface area contributed by atoms with Crippen LogP contribution < -0.4 is 0 Å². The SMILES string of the molecule is CC1(C)CC(=O)C/C(=C(\C#N)C(O)C#N)C1. The van der Waals surface area contributed by atoms with Gasteiger partial charge in [0.25, 0.3) is 0 Å². The zero-order valence-electron chi connectivity index (χ0n) is 9.45. The van der Waals surface area contributed by atoms with Crippen LogP contribution in [0.4, 0.5) is 0 Å². The van der Waals surface area contributed by atoms with Gasteiger partial charge in [0.05, 0.1) is 17.7 Å². The molecule has 1 aliphatic carbocycles. The molecule has 1 N–H and O–H groups in total. The van der Waals surface area contributed by atoms with E-state index in [4.69, 9.17) is 10.5 Å². The number of hydrogen-bond acceptors (Lipinski definition) is 4. The van der Waals surface area contributed by atoms with Gasteiger partial charge >= 0.3 is 0 Å². The monoisotopic (exact) mass is 218 g/mol. The van der Waals surface area contributed by atoms with Crippen molar-refractivity contribution in [3.63, 3.8) is 0 Å². The van der Waals surface area contributed by atoms with E-state index in [1.807, 2.05) is 19.9 Å². The maximum absolute atomic E-state index is 11.5. The second-order valence-electron chi connectivity index (χ2n) is 4.89. The number of allylic oxidation sites excluding steroid dienone is 1. The molecule has 1 atom stereocenters. The molecule has 1 aliphatic rings. The van der Waals surface area contributed by atoms with Crippen LogP contribution in [0.3, 0.4) is 0 Å². The highest BCUT2D eigenvalue weighted by atomic mass is 16.3. The molecular formula is C12H14N2O2. The summed E-state index contributed by atoms with van der Waals surface area (Å²) in [4.78, 5) is 11.5. The normalized spacial score (nSPS) is 24.2. The predicted octanol–water partition coefficient (Wildman–Crippen LogP) is 1.47. The molecule has 0 bridgehead atoms. The van der Waals surface area contributed by atoms with Gasteiger partial charge in [0.1, 0.15) is 5.78 Å². The zero-order chi connectivity index (χ0) is 12.3. The Morgan fingerprint density at radius 1 is 1.44 bits per heavy atom. The van der Waals surface area contributed by atoms with E-state index in [-0.39, 0.29) is 23.2 Å². The predicted molar refractivity (Wildman–Crippen MR) is 56.9 cm³/mol. The van der Waals surface area contributed by atoms with Crippen molar-refractivity contribution in [1.29, 1.82) is 10.5 Å². The molecule has 0 radical (unpaired) electrons. The van der Waals surface area contributed by atoms with E-state index in [9.17, 15) is 9.90 Å². The Kier molecular flexibility index (Phi) is 3.47. The van der Waals surface area contributed by atoms with Gasteiger partial charge < -0.3 is 5.11 Å². The number of hydrogen-bond donors (Lipinski definition) is 1. The molecule has 1 rings (SSSR count). The summed E-state index contributed by atoms with van der Waals surface area (Å²) in [5.74, 6) is 0.0594. The fraction of sp³-hybridized carbons (Fsp3) is 0.583. The van der Waals surface area contributed by atoms with Gasteiger partial charge in [-0.1, -0.05) is 13.8 Å². The summed E-state index contributed by atoms with van der Waals surface area (Å²) < 4.78 is 0. The van der Waals surface area contributed by atoms with Crippen molar-refractivity contribution in [2.45, 2.75) is 39.2 Å². The summed E-state index contributed by atoms with van der Waals surface area (Å²) in [6.45, 7) is 3.88. The van der Waals surface area contributed by atoms with E-state index < -0.39 is 6.10 Å². The highest BCUT2D eigenvalue weighted by molar-refractivity contribution is 5.83. The largest absolute Gasteiger partial charge is 0.373 e. The number of carbonyl (C=O) groups is 1. The Balaban J connectivity index is 3.11. The van der Waals surface area contributed by atoms with E-state index >= 15 is 0 Å². The van der Waals surface area contributed by atoms with Crippen LogP contribution in [-0.2, 0) is 4.79 Å². The van der Waals surface area contributed by atoms with Crippen molar-refractivity contribution in [3.8, 4) is 12.1 Å². The molecule has 4 heteroatoms. The summed E-state index contributed by atoms with van der Waals surface area (Å²) in [6.07, 6.45) is -0.162. The minimum atomic E-state index is -1.42. The second-order valence-corrected chi connectivity index (χ2v) is 4.89. The van der Waals surface area contributed by atoms with Crippen LogP contribution in [0, 0.1) is 28.1 Å². The van der Waals surface area contributed by atoms with Crippen molar-refractivity contribution in [1.82, 2.24) is 0 Å². The van der Waals surface area contributed by atoms with Gasteiger partial charge in [0, 0.05) is 12.8 Å². The fourth-order valence-corrected chi connectivity index (χ4v) is 2.13. The third kappa shape index (κ3) is 2.68. The van der Waals surface area contributed by atoms with Crippen LogP contribution in [0.25, 0.3) is 0 Å². The number of aliphatic hydroxyl groups is 1. The lowest BCUT2D eigenvalue weighted by Gasteiger charge is -2.31. The molecule has 1 saturated carbocycles. The van der Waals surface area contributed by atoms with Crippen LogP contribution in [0.15, 0.2) is 11.1 Å². The Labute approximate surface area is 94.8 Å². The Morgan fingerprint density at radius 2 is 2.06 bits per heavy atom. The minimum absolute atomic E-state index is 0.0450. The topological polar surface area (TPSA) is 84.9 Å². The molecule has 84 valence electrons. The number of aliphatic hydroxyl groups excluding tert-OH is 1. The molecule has 0 spiro atoms. The maximum Gasteiger partial charge on any atom is 0.175 e. The summed E-state index contributed by atoms with van der Waals surface area (Å²) in [5, 5.41) is 26.9. The lowest BCUT2D eigenvalue weighted by molar-refractivity contribution is -0.121. The lowest BCUT2D eigenvalue weighted by Crippen LogP contribution is -2.26. The standard InChI is InChI=1S/C12H14N2O2/c1-12(2)4-8(3-9(15)5-12)10(6-13)11(16)7-14/h11,16H,3-5H2,1-2H3/b10-8-. The minimum Gasteiger partial charge on any atom is -0.373 e. The molecule has 0 aromatic rings. The molecule has 0 aromatic carbocycles. The van der Waals surface area contributed by atoms with Crippen LogP contribution >= 0.6 is 0 Å². The second kappa shape index (κ2) is 4.47. The molecule has 1 fully saturated rings. The van der Waals surface area contributed by atoms with Crippen molar-refractivity contribution in [2.75, 3.05) is 0 Å². The highest BCUT2D eigenvalue weighted by Gasteiger charge is 2.32. The van der Waals surface area contributed by atoms with Gasteiger partial charge in [-0.05, 0) is 17.4 Å². The molecule has 0 aliphatic heterocycles. The van der Waals surface area contributed by atoms with Gasteiger partial charge in [-0.3, -0.25) is 4.79 Å². The van der Waals surface area contributed by atoms with Gasteiger partial charge in [0.15, 0.2) is 6.10 Å². The first-order valence-corrected chi connectivity index (χ1v) is 5.11. The van der Waals surface area contributed by atoms with Gasteiger partial charge in [0.2, 0.25) is 0 Å². The number of carbonyl (C=O) groups excluding carboxylic acids is 1. The Morgan fingerprint density at radius 3 is 2.50 bits per heavy atom. The number of rotatable bonds is 1. The first-order valence-electron chi connectivity index (χ1n) is 5.11. The molecule has 0 aromatic heterocycles. The van der Waals surface area contributed by atoms with Gasteiger partial charge in [-0.25, -0.2) is 0 Å². The number of Topliss-reactive ketones (excluding diaryl/α,β-unsaturated/α-hetero) is 1. The average Bonchev–Trinajstić information content (AvgIpc) is 2.15. The van der Waals surface area contributed by atoms with Crippen LogP contribution in [0.2, 0.25) is 0 Å². The highest BCUT2D eigenvalue weighted by Crippen LogP contribution is 2.38. The Bertz CT molecular complexity index is 421. The molecule has 16 heavy (non-hydrogen) atoms. The third-order valence-corrected chi connectivity index (χ3v) is 2.68. The van der Waals surface area contributed by atoms with E-state index in [1.54, 1.807) is 6.07 Å². The zero-order valence-corrected chi connectivity index (χ0v) is 9.45. The van der Waals surface area contributed by atoms with Crippen molar-refractivity contribution in [3.05, 3.63) is 11.1 Å². The molecule has 4 nitrogen and oxygen atoms in total. The molecule has 0 saturated heterocycles. The quantitative estimate of drug-likeness (QED) is 0.533. The summed E-state index contributed by atoms with van der Waals surface area (Å²) >= 11 is 0. The molecular weight excluding hydrogens is 204 g/mol. The van der Waals surface area contributed by atoms with Crippen molar-refractivity contribution in [2.24, 2.45) is 5.41 Å². The first-order chi connectivity index (χ1) is 7.39. The maximum atomic E-state index is 11.5. The van der Waals surface area contributed by atoms with Crippen LogP contribution in [0.5, 0.6) is 0 Å². The number of nitriles is 2. The van der Waals surface area contributed by atoms with Crippen molar-refractivity contribution >= 4 is 5.78 Å². The van der Waals surface area contributed by atoms with Crippen LogP contribution in [-0.4, -0.2) is 17.0 Å². The first kappa shape index (κ1) is 12.4. The van der Waals surface area contributed by atoms with Gasteiger partial charge in [-0.2, -0.15) is 10.5 Å². The third-order valence-electron chi connectivity index (χ3n) is 2.68. The van der Waals surface area contributed by atoms with E-state index in [1.165, 1.54) is 0 Å².